The maximum atomic E-state index is 14.6. The summed E-state index contributed by atoms with van der Waals surface area (Å²) in [4.78, 5) is 31.0. The van der Waals surface area contributed by atoms with Crippen molar-refractivity contribution < 1.29 is 13.6 Å². The Balaban J connectivity index is 1.53. The molecule has 0 radical (unpaired) electrons. The molecule has 0 aliphatic rings. The second-order valence-corrected chi connectivity index (χ2v) is 6.65. The molecule has 0 spiro atoms. The van der Waals surface area contributed by atoms with Gasteiger partial charge in [0.15, 0.2) is 5.65 Å². The number of carbonyl (C=O) groups is 1. The maximum absolute atomic E-state index is 14.6. The molecule has 0 saturated heterocycles. The van der Waals surface area contributed by atoms with Gasteiger partial charge in [0.2, 0.25) is 5.95 Å². The summed E-state index contributed by atoms with van der Waals surface area (Å²) < 4.78 is 29.3. The van der Waals surface area contributed by atoms with Gasteiger partial charge in [-0.25, -0.2) is 8.78 Å². The lowest BCUT2D eigenvalue weighted by molar-refractivity contribution is 0.0962. The number of aromatic amines is 1. The highest BCUT2D eigenvalue weighted by Crippen LogP contribution is 2.27. The number of aryl methyl sites for hydroxylation is 2. The first-order valence-electron chi connectivity index (χ1n) is 8.88. The zero-order chi connectivity index (χ0) is 21.4. The molecule has 10 heteroatoms. The van der Waals surface area contributed by atoms with Gasteiger partial charge in [0.1, 0.15) is 17.0 Å². The molecule has 1 amide bonds. The van der Waals surface area contributed by atoms with Crippen LogP contribution in [0.2, 0.25) is 0 Å². The van der Waals surface area contributed by atoms with Crippen LogP contribution in [-0.4, -0.2) is 25.7 Å². The van der Waals surface area contributed by atoms with E-state index in [1.807, 2.05) is 0 Å². The van der Waals surface area contributed by atoms with Crippen molar-refractivity contribution in [2.75, 3.05) is 5.43 Å². The Morgan fingerprint density at radius 2 is 1.90 bits per heavy atom. The highest BCUT2D eigenvalue weighted by atomic mass is 19.1. The zero-order valence-electron chi connectivity index (χ0n) is 16.0. The molecule has 8 nitrogen and oxygen atoms in total. The summed E-state index contributed by atoms with van der Waals surface area (Å²) in [6, 6.07) is 8.02. The van der Waals surface area contributed by atoms with E-state index < -0.39 is 23.1 Å². The molecule has 2 aromatic carbocycles. The summed E-state index contributed by atoms with van der Waals surface area (Å²) in [5, 5.41) is 4.26. The fourth-order valence-corrected chi connectivity index (χ4v) is 3.08. The minimum Gasteiger partial charge on any atom is -0.291 e. The van der Waals surface area contributed by atoms with Crippen LogP contribution in [0, 0.1) is 18.6 Å². The Morgan fingerprint density at radius 1 is 1.13 bits per heavy atom. The predicted octanol–water partition coefficient (Wildman–Crippen LogP) is 2.67. The van der Waals surface area contributed by atoms with E-state index in [4.69, 9.17) is 0 Å². The van der Waals surface area contributed by atoms with Crippen LogP contribution >= 0.6 is 0 Å². The van der Waals surface area contributed by atoms with Crippen LogP contribution in [0.15, 0.2) is 47.4 Å². The van der Waals surface area contributed by atoms with Gasteiger partial charge in [-0.15, -0.1) is 0 Å². The highest BCUT2D eigenvalue weighted by molar-refractivity contribution is 5.95. The van der Waals surface area contributed by atoms with E-state index in [0.717, 1.165) is 6.07 Å². The fourth-order valence-electron chi connectivity index (χ4n) is 3.08. The Hall–Kier alpha value is -4.08. The van der Waals surface area contributed by atoms with Gasteiger partial charge in [0, 0.05) is 18.2 Å². The average Bonchev–Trinajstić information content (AvgIpc) is 3.08. The predicted molar refractivity (Wildman–Crippen MR) is 107 cm³/mol. The van der Waals surface area contributed by atoms with E-state index in [9.17, 15) is 18.4 Å². The number of nitrogens with zero attached hydrogens (tertiary/aromatic N) is 3. The number of hydrogen-bond donors (Lipinski definition) is 3. The molecule has 0 unspecified atom stereocenters. The number of halogens is 2. The van der Waals surface area contributed by atoms with Gasteiger partial charge >= 0.3 is 0 Å². The van der Waals surface area contributed by atoms with Crippen molar-refractivity contribution in [3.63, 3.8) is 0 Å². The van der Waals surface area contributed by atoms with Crippen molar-refractivity contribution in [3.8, 4) is 11.1 Å². The van der Waals surface area contributed by atoms with Crippen LogP contribution in [0.4, 0.5) is 14.7 Å². The van der Waals surface area contributed by atoms with Crippen molar-refractivity contribution in [2.45, 2.75) is 6.92 Å². The lowest BCUT2D eigenvalue weighted by atomic mass is 9.98. The molecule has 2 heterocycles. The SMILES string of the molecule is Cc1cc(F)ccc1-c1ccc(C(=O)NNc2nc3c(cnn3C)c(=O)[nH]2)cc1F. The fraction of sp³-hybridized carbons (Fsp3) is 0.100. The number of benzene rings is 2. The molecule has 152 valence electrons. The molecule has 0 fully saturated rings. The minimum atomic E-state index is -0.635. The molecule has 3 N–H and O–H groups in total. The molecule has 0 aliphatic carbocycles. The van der Waals surface area contributed by atoms with Crippen LogP contribution in [0.5, 0.6) is 0 Å². The van der Waals surface area contributed by atoms with E-state index in [1.54, 1.807) is 14.0 Å². The van der Waals surface area contributed by atoms with Crippen LogP contribution in [-0.2, 0) is 7.05 Å². The molecule has 4 rings (SSSR count). The number of carbonyl (C=O) groups excluding carboxylic acids is 1. The van der Waals surface area contributed by atoms with Gasteiger partial charge in [-0.2, -0.15) is 10.1 Å². The van der Waals surface area contributed by atoms with Gasteiger partial charge < -0.3 is 0 Å². The smallest absolute Gasteiger partial charge is 0.269 e. The molecule has 0 bridgehead atoms. The van der Waals surface area contributed by atoms with E-state index >= 15 is 0 Å². The Kier molecular flexibility index (Phi) is 4.74. The first-order chi connectivity index (χ1) is 14.3. The number of hydrazine groups is 1. The van der Waals surface area contributed by atoms with Crippen molar-refractivity contribution in [1.82, 2.24) is 25.2 Å². The van der Waals surface area contributed by atoms with E-state index in [1.165, 1.54) is 41.2 Å². The summed E-state index contributed by atoms with van der Waals surface area (Å²) in [6.07, 6.45) is 1.39. The van der Waals surface area contributed by atoms with Gasteiger partial charge in [-0.05, 0) is 42.3 Å². The van der Waals surface area contributed by atoms with Gasteiger partial charge in [-0.1, -0.05) is 12.1 Å². The van der Waals surface area contributed by atoms with E-state index in [2.05, 4.69) is 25.9 Å². The number of anilines is 1. The molecule has 4 aromatic rings. The number of H-pyrrole nitrogens is 1. The summed E-state index contributed by atoms with van der Waals surface area (Å²) in [5.41, 5.74) is 6.18. The number of amides is 1. The summed E-state index contributed by atoms with van der Waals surface area (Å²) >= 11 is 0. The second-order valence-electron chi connectivity index (χ2n) is 6.65. The first kappa shape index (κ1) is 19.2. The molecule has 30 heavy (non-hydrogen) atoms. The standard InChI is InChI=1S/C20H16F2N6O2/c1-10-7-12(21)4-6-13(10)14-5-3-11(8-16(14)22)18(29)26-27-20-24-17-15(19(30)25-20)9-23-28(17)2/h3-9H,1-2H3,(H,26,29)(H2,24,25,27,30). The lowest BCUT2D eigenvalue weighted by Gasteiger charge is -2.10. The quantitative estimate of drug-likeness (QED) is 0.449. The summed E-state index contributed by atoms with van der Waals surface area (Å²) in [6.45, 7) is 1.68. The van der Waals surface area contributed by atoms with E-state index in [0.29, 0.717) is 22.2 Å². The van der Waals surface area contributed by atoms with Gasteiger partial charge in [0.25, 0.3) is 11.5 Å². The monoisotopic (exact) mass is 410 g/mol. The first-order valence-corrected chi connectivity index (χ1v) is 8.88. The highest BCUT2D eigenvalue weighted by Gasteiger charge is 2.14. The van der Waals surface area contributed by atoms with Crippen molar-refractivity contribution in [2.24, 2.45) is 7.05 Å². The molecular formula is C20H16F2N6O2. The number of aromatic nitrogens is 4. The second kappa shape index (κ2) is 7.39. The van der Waals surface area contributed by atoms with E-state index in [-0.39, 0.29) is 17.1 Å². The van der Waals surface area contributed by atoms with Crippen LogP contribution < -0.4 is 16.4 Å². The van der Waals surface area contributed by atoms with Crippen LogP contribution in [0.1, 0.15) is 15.9 Å². The summed E-state index contributed by atoms with van der Waals surface area (Å²) in [7, 11) is 1.63. The summed E-state index contributed by atoms with van der Waals surface area (Å²) in [5.74, 6) is -1.66. The third kappa shape index (κ3) is 3.50. The molecular weight excluding hydrogens is 394 g/mol. The lowest BCUT2D eigenvalue weighted by Crippen LogP contribution is -2.31. The average molecular weight is 410 g/mol. The molecule has 0 aliphatic heterocycles. The van der Waals surface area contributed by atoms with Crippen LogP contribution in [0.3, 0.4) is 0 Å². The van der Waals surface area contributed by atoms with Crippen molar-refractivity contribution in [3.05, 3.63) is 75.7 Å². The molecule has 0 saturated carbocycles. The van der Waals surface area contributed by atoms with Crippen LogP contribution in [0.25, 0.3) is 22.2 Å². The number of fused-ring (bicyclic) bond motifs is 1. The Morgan fingerprint density at radius 3 is 2.63 bits per heavy atom. The largest absolute Gasteiger partial charge is 0.291 e. The third-order valence-corrected chi connectivity index (χ3v) is 4.61. The molecule has 2 aromatic heterocycles. The Bertz CT molecular complexity index is 1350. The topological polar surface area (TPSA) is 105 Å². The number of nitrogens with one attached hydrogen (secondary N) is 3. The van der Waals surface area contributed by atoms with Gasteiger partial charge in [0.05, 0.1) is 6.20 Å². The molecule has 0 atom stereocenters. The van der Waals surface area contributed by atoms with Crippen molar-refractivity contribution >= 4 is 22.9 Å². The number of rotatable bonds is 4. The number of hydrogen-bond acceptors (Lipinski definition) is 5. The third-order valence-electron chi connectivity index (χ3n) is 4.61. The van der Waals surface area contributed by atoms with Crippen molar-refractivity contribution in [1.29, 1.82) is 0 Å². The normalized spacial score (nSPS) is 10.9. The zero-order valence-corrected chi connectivity index (χ0v) is 16.0. The minimum absolute atomic E-state index is 0.00322. The maximum Gasteiger partial charge on any atom is 0.269 e. The Labute approximate surface area is 168 Å². The van der Waals surface area contributed by atoms with Gasteiger partial charge in [-0.3, -0.25) is 30.1 Å².